The van der Waals surface area contributed by atoms with E-state index in [0.717, 1.165) is 6.08 Å². The molecular weight excluding hydrogens is 256 g/mol. The topological polar surface area (TPSA) is 110 Å². The standard InChI is InChI=1S/C7H14N2O5S2/c1-3-4-5-15(11,12)7(2)9-16(13,14)8-6-10/h7,9H,3-5H2,1-2H3. The average molecular weight is 270 g/mol. The van der Waals surface area contributed by atoms with Crippen LogP contribution in [-0.2, 0) is 24.8 Å². The van der Waals surface area contributed by atoms with Gasteiger partial charge >= 0.3 is 10.2 Å². The fourth-order valence-electron chi connectivity index (χ4n) is 0.881. The van der Waals surface area contributed by atoms with Crippen LogP contribution in [0.25, 0.3) is 0 Å². The van der Waals surface area contributed by atoms with Crippen LogP contribution in [0.3, 0.4) is 0 Å². The first-order chi connectivity index (χ1) is 7.25. The fraction of sp³-hybridized carbons (Fsp3) is 0.857. The Morgan fingerprint density at radius 2 is 1.88 bits per heavy atom. The minimum atomic E-state index is -4.27. The Hall–Kier alpha value is -0.760. The summed E-state index contributed by atoms with van der Waals surface area (Å²) >= 11 is 0. The number of sulfone groups is 1. The van der Waals surface area contributed by atoms with Gasteiger partial charge in [0.1, 0.15) is 5.37 Å². The summed E-state index contributed by atoms with van der Waals surface area (Å²) in [5.41, 5.74) is 0. The van der Waals surface area contributed by atoms with Crippen LogP contribution >= 0.6 is 0 Å². The molecule has 0 fully saturated rings. The van der Waals surface area contributed by atoms with Crippen molar-refractivity contribution in [2.24, 2.45) is 4.40 Å². The molecule has 0 bridgehead atoms. The number of rotatable bonds is 7. The van der Waals surface area contributed by atoms with Crippen LogP contribution in [-0.4, -0.2) is 34.0 Å². The number of unbranched alkanes of at least 4 members (excludes halogenated alkanes) is 1. The summed E-state index contributed by atoms with van der Waals surface area (Å²) in [5.74, 6) is -0.113. The van der Waals surface area contributed by atoms with Gasteiger partial charge in [0.15, 0.2) is 9.84 Å². The lowest BCUT2D eigenvalue weighted by molar-refractivity contribution is 0.553. The highest BCUT2D eigenvalue weighted by molar-refractivity contribution is 7.94. The molecule has 9 heteroatoms. The summed E-state index contributed by atoms with van der Waals surface area (Å²) in [6.07, 6.45) is 1.97. The predicted molar refractivity (Wildman–Crippen MR) is 58.3 cm³/mol. The molecule has 0 saturated heterocycles. The maximum atomic E-state index is 11.5. The first-order valence-electron chi connectivity index (χ1n) is 4.58. The lowest BCUT2D eigenvalue weighted by Gasteiger charge is -2.11. The molecule has 0 rings (SSSR count). The lowest BCUT2D eigenvalue weighted by Crippen LogP contribution is -2.38. The van der Waals surface area contributed by atoms with Crippen molar-refractivity contribution in [2.45, 2.75) is 32.1 Å². The number of hydrogen-bond donors (Lipinski definition) is 1. The van der Waals surface area contributed by atoms with Crippen molar-refractivity contribution in [1.82, 2.24) is 4.72 Å². The molecule has 0 radical (unpaired) electrons. The highest BCUT2D eigenvalue weighted by atomic mass is 32.2. The molecule has 0 aliphatic rings. The van der Waals surface area contributed by atoms with Gasteiger partial charge in [-0.05, 0) is 13.3 Å². The van der Waals surface area contributed by atoms with Crippen LogP contribution in [0.5, 0.6) is 0 Å². The molecule has 0 aromatic heterocycles. The van der Waals surface area contributed by atoms with Crippen LogP contribution in [0.1, 0.15) is 26.7 Å². The Kier molecular flexibility index (Phi) is 5.80. The van der Waals surface area contributed by atoms with Crippen LogP contribution in [0.15, 0.2) is 4.40 Å². The highest BCUT2D eigenvalue weighted by Crippen LogP contribution is 2.04. The van der Waals surface area contributed by atoms with E-state index in [2.05, 4.69) is 4.40 Å². The second kappa shape index (κ2) is 6.09. The van der Waals surface area contributed by atoms with Gasteiger partial charge in [-0.2, -0.15) is 13.1 Å². The van der Waals surface area contributed by atoms with E-state index in [0.29, 0.717) is 12.8 Å². The van der Waals surface area contributed by atoms with E-state index in [9.17, 15) is 21.6 Å². The normalized spacial score (nSPS) is 14.1. The summed E-state index contributed by atoms with van der Waals surface area (Å²) in [4.78, 5) is 9.76. The second-order valence-electron chi connectivity index (χ2n) is 3.14. The number of nitrogens with one attached hydrogen (secondary N) is 1. The largest absolute Gasteiger partial charge is 0.331 e. The van der Waals surface area contributed by atoms with E-state index in [1.54, 1.807) is 4.72 Å². The van der Waals surface area contributed by atoms with Gasteiger partial charge in [-0.15, -0.1) is 0 Å². The van der Waals surface area contributed by atoms with Crippen LogP contribution in [0.4, 0.5) is 0 Å². The number of hydrogen-bond acceptors (Lipinski definition) is 5. The summed E-state index contributed by atoms with van der Waals surface area (Å²) in [6.45, 7) is 3.00. The molecule has 0 aliphatic heterocycles. The fourth-order valence-corrected chi connectivity index (χ4v) is 3.45. The second-order valence-corrected chi connectivity index (χ2v) is 6.95. The van der Waals surface area contributed by atoms with Gasteiger partial charge in [-0.3, -0.25) is 0 Å². The van der Waals surface area contributed by atoms with Crippen LogP contribution < -0.4 is 4.72 Å². The minimum absolute atomic E-state index is 0.113. The first-order valence-corrected chi connectivity index (χ1v) is 7.73. The molecule has 0 aromatic carbocycles. The molecule has 0 spiro atoms. The quantitative estimate of drug-likeness (QED) is 0.505. The molecule has 0 amide bonds. The molecule has 0 aromatic rings. The van der Waals surface area contributed by atoms with Crippen molar-refractivity contribution in [1.29, 1.82) is 0 Å². The van der Waals surface area contributed by atoms with E-state index < -0.39 is 25.4 Å². The molecule has 0 saturated carbocycles. The summed E-state index contributed by atoms with van der Waals surface area (Å²) in [6, 6.07) is 0. The van der Waals surface area contributed by atoms with Gasteiger partial charge in [0, 0.05) is 0 Å². The first kappa shape index (κ1) is 15.2. The van der Waals surface area contributed by atoms with Gasteiger partial charge < -0.3 is 0 Å². The zero-order valence-corrected chi connectivity index (χ0v) is 10.6. The van der Waals surface area contributed by atoms with E-state index in [1.807, 2.05) is 6.92 Å². The molecule has 1 atom stereocenters. The molecule has 16 heavy (non-hydrogen) atoms. The van der Waals surface area contributed by atoms with Crippen molar-refractivity contribution in [3.63, 3.8) is 0 Å². The van der Waals surface area contributed by atoms with E-state index in [4.69, 9.17) is 0 Å². The van der Waals surface area contributed by atoms with Gasteiger partial charge in [0.05, 0.1) is 5.75 Å². The lowest BCUT2D eigenvalue weighted by atomic mass is 10.4. The summed E-state index contributed by atoms with van der Waals surface area (Å²) < 4.78 is 49.2. The molecule has 1 N–H and O–H groups in total. The maximum Gasteiger partial charge on any atom is 0.331 e. The van der Waals surface area contributed by atoms with Crippen molar-refractivity contribution in [3.8, 4) is 0 Å². The third-order valence-corrected chi connectivity index (χ3v) is 4.96. The smallest absolute Gasteiger partial charge is 0.227 e. The number of nitrogens with zero attached hydrogens (tertiary/aromatic N) is 1. The van der Waals surface area contributed by atoms with Crippen molar-refractivity contribution >= 4 is 26.1 Å². The monoisotopic (exact) mass is 270 g/mol. The van der Waals surface area contributed by atoms with Gasteiger partial charge in [0.2, 0.25) is 0 Å². The van der Waals surface area contributed by atoms with E-state index in [1.165, 1.54) is 6.92 Å². The Labute approximate surface area is 95.1 Å². The summed E-state index contributed by atoms with van der Waals surface area (Å²) in [7, 11) is -7.82. The maximum absolute atomic E-state index is 11.5. The molecule has 0 heterocycles. The van der Waals surface area contributed by atoms with E-state index in [-0.39, 0.29) is 5.75 Å². The molecule has 7 nitrogen and oxygen atoms in total. The minimum Gasteiger partial charge on any atom is -0.227 e. The Morgan fingerprint density at radius 3 is 2.31 bits per heavy atom. The van der Waals surface area contributed by atoms with Crippen molar-refractivity contribution in [3.05, 3.63) is 0 Å². The molecule has 1 unspecified atom stereocenters. The summed E-state index contributed by atoms with van der Waals surface area (Å²) in [5, 5.41) is -1.30. The third-order valence-electron chi connectivity index (χ3n) is 1.79. The van der Waals surface area contributed by atoms with Gasteiger partial charge in [0.25, 0.3) is 6.08 Å². The van der Waals surface area contributed by atoms with Crippen molar-refractivity contribution in [2.75, 3.05) is 5.75 Å². The zero-order chi connectivity index (χ0) is 12.8. The predicted octanol–water partition coefficient (Wildman–Crippen LogP) is -0.282. The Bertz CT molecular complexity index is 461. The highest BCUT2D eigenvalue weighted by Gasteiger charge is 2.24. The third kappa shape index (κ3) is 5.36. The average Bonchev–Trinajstić information content (AvgIpc) is 2.13. The SMILES string of the molecule is CCCCS(=O)(=O)C(C)NS(=O)(=O)N=C=O. The van der Waals surface area contributed by atoms with Crippen molar-refractivity contribution < 1.29 is 21.6 Å². The van der Waals surface area contributed by atoms with Crippen LogP contribution in [0.2, 0.25) is 0 Å². The molecule has 94 valence electrons. The zero-order valence-electron chi connectivity index (χ0n) is 9.00. The molecular formula is C7H14N2O5S2. The Morgan fingerprint density at radius 1 is 1.31 bits per heavy atom. The van der Waals surface area contributed by atoms with E-state index >= 15 is 0 Å². The van der Waals surface area contributed by atoms with Gasteiger partial charge in [-0.1, -0.05) is 17.7 Å². The van der Waals surface area contributed by atoms with Gasteiger partial charge in [-0.25, -0.2) is 13.2 Å². The number of carbonyl (C=O) groups excluding carboxylic acids is 1. The Balaban J connectivity index is 4.71. The number of isocyanates is 1. The molecule has 0 aliphatic carbocycles. The van der Waals surface area contributed by atoms with Crippen LogP contribution in [0, 0.1) is 0 Å².